The van der Waals surface area contributed by atoms with Gasteiger partial charge in [0.25, 0.3) is 0 Å². The topological polar surface area (TPSA) is 101 Å². The number of hydrogen-bond donors (Lipinski definition) is 1. The van der Waals surface area contributed by atoms with Crippen molar-refractivity contribution in [1.82, 2.24) is 0 Å². The molecule has 0 atom stereocenters. The molecule has 0 bridgehead atoms. The van der Waals surface area contributed by atoms with Gasteiger partial charge in [0.05, 0.1) is 17.5 Å². The lowest BCUT2D eigenvalue weighted by molar-refractivity contribution is -0.152. The van der Waals surface area contributed by atoms with Crippen LogP contribution >= 0.6 is 0 Å². The van der Waals surface area contributed by atoms with Gasteiger partial charge in [0, 0.05) is 0 Å². The molecule has 0 spiro atoms. The van der Waals surface area contributed by atoms with E-state index in [-0.39, 0.29) is 11.3 Å². The minimum absolute atomic E-state index is 0.0802. The van der Waals surface area contributed by atoms with E-state index in [2.05, 4.69) is 0 Å². The van der Waals surface area contributed by atoms with E-state index in [1.54, 1.807) is 20.8 Å². The van der Waals surface area contributed by atoms with Gasteiger partial charge in [-0.2, -0.15) is 0 Å². The zero-order valence-corrected chi connectivity index (χ0v) is 13.7. The van der Waals surface area contributed by atoms with Gasteiger partial charge in [-0.25, -0.2) is 13.2 Å². The minimum atomic E-state index is -3.86. The van der Waals surface area contributed by atoms with Crippen LogP contribution in [0.15, 0.2) is 24.3 Å². The number of ether oxygens (including phenoxy) is 1. The number of sulfonamides is 1. The number of benzene rings is 1. The number of esters is 1. The molecule has 0 saturated carbocycles. The molecule has 1 N–H and O–H groups in total. The second-order valence-electron chi connectivity index (χ2n) is 5.68. The van der Waals surface area contributed by atoms with E-state index in [4.69, 9.17) is 9.84 Å². The Morgan fingerprint density at radius 1 is 1.23 bits per heavy atom. The Hall–Kier alpha value is -2.09. The molecule has 0 unspecified atom stereocenters. The number of carboxylic acid groups (broad SMARTS) is 1. The van der Waals surface area contributed by atoms with Crippen LogP contribution in [-0.4, -0.2) is 43.9 Å². The Bertz CT molecular complexity index is 675. The van der Waals surface area contributed by atoms with E-state index < -0.39 is 34.1 Å². The zero-order chi connectivity index (χ0) is 17.1. The highest BCUT2D eigenvalue weighted by Crippen LogP contribution is 2.23. The fourth-order valence-corrected chi connectivity index (χ4v) is 2.60. The van der Waals surface area contributed by atoms with Crippen molar-refractivity contribution in [2.24, 2.45) is 0 Å². The summed E-state index contributed by atoms with van der Waals surface area (Å²) in [7, 11) is -3.86. The van der Waals surface area contributed by atoms with Crippen LogP contribution in [0, 0.1) is 0 Å². The molecule has 0 radical (unpaired) electrons. The molecule has 0 aliphatic carbocycles. The average Bonchev–Trinajstić information content (AvgIpc) is 2.32. The summed E-state index contributed by atoms with van der Waals surface area (Å²) in [6.45, 7) is 4.36. The third-order valence-corrected chi connectivity index (χ3v) is 3.62. The maximum atomic E-state index is 11.9. The molecule has 0 saturated heterocycles. The Labute approximate surface area is 129 Å². The van der Waals surface area contributed by atoms with Crippen LogP contribution < -0.4 is 4.31 Å². The summed E-state index contributed by atoms with van der Waals surface area (Å²) in [4.78, 5) is 23.1. The van der Waals surface area contributed by atoms with Crippen molar-refractivity contribution >= 4 is 27.6 Å². The van der Waals surface area contributed by atoms with Crippen molar-refractivity contribution in [3.8, 4) is 0 Å². The fourth-order valence-electron chi connectivity index (χ4n) is 1.74. The summed E-state index contributed by atoms with van der Waals surface area (Å²) in [6, 6.07) is 5.57. The van der Waals surface area contributed by atoms with Crippen molar-refractivity contribution < 1.29 is 27.9 Å². The Morgan fingerprint density at radius 2 is 1.77 bits per heavy atom. The average molecular weight is 329 g/mol. The van der Waals surface area contributed by atoms with E-state index in [1.807, 2.05) is 0 Å². The third-order valence-electron chi connectivity index (χ3n) is 2.50. The normalized spacial score (nSPS) is 11.8. The lowest BCUT2D eigenvalue weighted by Gasteiger charge is -2.25. The number of carboxylic acids is 1. The van der Waals surface area contributed by atoms with Crippen LogP contribution in [0.25, 0.3) is 0 Å². The van der Waals surface area contributed by atoms with Crippen LogP contribution in [0.2, 0.25) is 0 Å². The maximum absolute atomic E-state index is 11.9. The van der Waals surface area contributed by atoms with Gasteiger partial charge in [-0.3, -0.25) is 9.10 Å². The molecule has 0 amide bonds. The maximum Gasteiger partial charge on any atom is 0.337 e. The predicted molar refractivity (Wildman–Crippen MR) is 81.4 cm³/mol. The van der Waals surface area contributed by atoms with Gasteiger partial charge in [-0.05, 0) is 32.9 Å². The molecule has 0 heterocycles. The van der Waals surface area contributed by atoms with E-state index in [1.165, 1.54) is 24.3 Å². The number of anilines is 1. The SMILES string of the molecule is CC(C)(C)OC(=O)CN(c1ccccc1C(=O)O)S(C)(=O)=O. The fraction of sp³-hybridized carbons (Fsp3) is 0.429. The van der Waals surface area contributed by atoms with Gasteiger partial charge in [0.15, 0.2) is 0 Å². The number of nitrogens with zero attached hydrogens (tertiary/aromatic N) is 1. The molecular formula is C14H19NO6S. The number of hydrogen-bond acceptors (Lipinski definition) is 5. The summed E-state index contributed by atoms with van der Waals surface area (Å²) >= 11 is 0. The first-order chi connectivity index (χ1) is 9.92. The van der Waals surface area contributed by atoms with E-state index in [9.17, 15) is 18.0 Å². The minimum Gasteiger partial charge on any atom is -0.478 e. The first-order valence-electron chi connectivity index (χ1n) is 6.43. The van der Waals surface area contributed by atoms with Gasteiger partial charge >= 0.3 is 11.9 Å². The highest BCUT2D eigenvalue weighted by molar-refractivity contribution is 7.92. The smallest absolute Gasteiger partial charge is 0.337 e. The predicted octanol–water partition coefficient (Wildman–Crippen LogP) is 1.49. The molecule has 1 aromatic rings. The summed E-state index contributed by atoms with van der Waals surface area (Å²) < 4.78 is 29.7. The van der Waals surface area contributed by atoms with Crippen LogP contribution in [0.5, 0.6) is 0 Å². The Kier molecular flexibility index (Phi) is 5.18. The second kappa shape index (κ2) is 6.35. The van der Waals surface area contributed by atoms with Crippen LogP contribution in [0.4, 0.5) is 5.69 Å². The molecule has 0 aromatic heterocycles. The Balaban J connectivity index is 3.22. The first-order valence-corrected chi connectivity index (χ1v) is 8.28. The van der Waals surface area contributed by atoms with Crippen LogP contribution in [0.3, 0.4) is 0 Å². The second-order valence-corrected chi connectivity index (χ2v) is 7.59. The number of aromatic carboxylic acids is 1. The van der Waals surface area contributed by atoms with Crippen molar-refractivity contribution in [2.75, 3.05) is 17.1 Å². The molecule has 8 heteroatoms. The first kappa shape index (κ1) is 18.0. The Morgan fingerprint density at radius 3 is 2.23 bits per heavy atom. The standard InChI is InChI=1S/C14H19NO6S/c1-14(2,3)21-12(16)9-15(22(4,19)20)11-8-6-5-7-10(11)13(17)18/h5-8H,9H2,1-4H3,(H,17,18). The van der Waals surface area contributed by atoms with E-state index >= 15 is 0 Å². The van der Waals surface area contributed by atoms with Crippen molar-refractivity contribution in [3.63, 3.8) is 0 Å². The van der Waals surface area contributed by atoms with E-state index in [0.29, 0.717) is 0 Å². The molecule has 0 aliphatic heterocycles. The molecular weight excluding hydrogens is 310 g/mol. The van der Waals surface area contributed by atoms with Gasteiger partial charge in [-0.15, -0.1) is 0 Å². The molecule has 7 nitrogen and oxygen atoms in total. The lowest BCUT2D eigenvalue weighted by atomic mass is 10.2. The number of para-hydroxylation sites is 1. The van der Waals surface area contributed by atoms with Gasteiger partial charge in [0.2, 0.25) is 10.0 Å². The monoisotopic (exact) mass is 329 g/mol. The molecule has 1 rings (SSSR count). The van der Waals surface area contributed by atoms with Crippen LogP contribution in [-0.2, 0) is 19.6 Å². The molecule has 1 aromatic carbocycles. The quantitative estimate of drug-likeness (QED) is 0.821. The molecule has 0 aliphatic rings. The summed E-state index contributed by atoms with van der Waals surface area (Å²) in [6.07, 6.45) is 0.899. The van der Waals surface area contributed by atoms with Crippen molar-refractivity contribution in [1.29, 1.82) is 0 Å². The van der Waals surface area contributed by atoms with Crippen molar-refractivity contribution in [3.05, 3.63) is 29.8 Å². The highest BCUT2D eigenvalue weighted by atomic mass is 32.2. The summed E-state index contributed by atoms with van der Waals surface area (Å²) in [5, 5.41) is 9.16. The largest absolute Gasteiger partial charge is 0.478 e. The number of carbonyl (C=O) groups is 2. The van der Waals surface area contributed by atoms with Gasteiger partial charge in [-0.1, -0.05) is 12.1 Å². The lowest BCUT2D eigenvalue weighted by Crippen LogP contribution is -2.39. The summed E-state index contributed by atoms with van der Waals surface area (Å²) in [5.74, 6) is -2.05. The van der Waals surface area contributed by atoms with E-state index in [0.717, 1.165) is 10.6 Å². The van der Waals surface area contributed by atoms with Crippen molar-refractivity contribution in [2.45, 2.75) is 26.4 Å². The number of rotatable bonds is 5. The molecule has 0 fully saturated rings. The summed E-state index contributed by atoms with van der Waals surface area (Å²) in [5.41, 5.74) is -1.06. The molecule has 22 heavy (non-hydrogen) atoms. The highest BCUT2D eigenvalue weighted by Gasteiger charge is 2.27. The van der Waals surface area contributed by atoms with Crippen LogP contribution in [0.1, 0.15) is 31.1 Å². The zero-order valence-electron chi connectivity index (χ0n) is 12.9. The van der Waals surface area contributed by atoms with Gasteiger partial charge < -0.3 is 9.84 Å². The van der Waals surface area contributed by atoms with Gasteiger partial charge in [0.1, 0.15) is 12.1 Å². The molecule has 122 valence electrons. The number of carbonyl (C=O) groups excluding carboxylic acids is 1. The third kappa shape index (κ3) is 5.03.